The van der Waals surface area contributed by atoms with Gasteiger partial charge < -0.3 is 10.3 Å². The minimum Gasteiger partial charge on any atom is -0.330 e. The van der Waals surface area contributed by atoms with E-state index in [0.717, 1.165) is 30.9 Å². The third-order valence-corrected chi connectivity index (χ3v) is 4.68. The van der Waals surface area contributed by atoms with Crippen LogP contribution in [0.1, 0.15) is 50.8 Å². The predicted molar refractivity (Wildman–Crippen MR) is 83.8 cm³/mol. The van der Waals surface area contributed by atoms with Crippen molar-refractivity contribution in [3.63, 3.8) is 0 Å². The van der Waals surface area contributed by atoms with Gasteiger partial charge in [-0.3, -0.25) is 0 Å². The van der Waals surface area contributed by atoms with Gasteiger partial charge in [0.25, 0.3) is 0 Å². The molecule has 2 aromatic rings. The lowest BCUT2D eigenvalue weighted by molar-refractivity contribution is 0.321. The van der Waals surface area contributed by atoms with Crippen LogP contribution >= 0.6 is 0 Å². The lowest BCUT2D eigenvalue weighted by Crippen LogP contribution is -2.22. The Morgan fingerprint density at radius 1 is 1.20 bits per heavy atom. The lowest BCUT2D eigenvalue weighted by Gasteiger charge is -2.27. The van der Waals surface area contributed by atoms with Gasteiger partial charge in [-0.15, -0.1) is 0 Å². The highest BCUT2D eigenvalue weighted by atomic mass is 15.1. The van der Waals surface area contributed by atoms with Gasteiger partial charge in [0.1, 0.15) is 5.82 Å². The van der Waals surface area contributed by atoms with Gasteiger partial charge >= 0.3 is 0 Å². The largest absolute Gasteiger partial charge is 0.330 e. The van der Waals surface area contributed by atoms with E-state index in [4.69, 9.17) is 10.7 Å². The van der Waals surface area contributed by atoms with Gasteiger partial charge in [0.05, 0.1) is 11.0 Å². The van der Waals surface area contributed by atoms with Crippen molar-refractivity contribution < 1.29 is 0 Å². The van der Waals surface area contributed by atoms with Crippen LogP contribution < -0.4 is 5.73 Å². The van der Waals surface area contributed by atoms with Crippen LogP contribution in [-0.4, -0.2) is 16.1 Å². The van der Waals surface area contributed by atoms with Gasteiger partial charge in [-0.25, -0.2) is 4.98 Å². The molecule has 1 fully saturated rings. The quantitative estimate of drug-likeness (QED) is 0.922. The first-order valence-electron chi connectivity index (χ1n) is 7.98. The van der Waals surface area contributed by atoms with E-state index in [2.05, 4.69) is 35.8 Å². The maximum atomic E-state index is 5.81. The summed E-state index contributed by atoms with van der Waals surface area (Å²) in [6, 6.07) is 8.54. The van der Waals surface area contributed by atoms with Crippen molar-refractivity contribution in [3.8, 4) is 0 Å². The number of aromatic nitrogens is 2. The Bertz CT molecular complexity index is 565. The van der Waals surface area contributed by atoms with Crippen LogP contribution in [0.25, 0.3) is 11.0 Å². The van der Waals surface area contributed by atoms with Crippen molar-refractivity contribution >= 4 is 11.0 Å². The summed E-state index contributed by atoms with van der Waals surface area (Å²) >= 11 is 0. The molecule has 0 saturated heterocycles. The van der Waals surface area contributed by atoms with Gasteiger partial charge in [-0.1, -0.05) is 19.1 Å². The number of benzene rings is 1. The number of hydrogen-bond donors (Lipinski definition) is 1. The van der Waals surface area contributed by atoms with Gasteiger partial charge in [0.15, 0.2) is 0 Å². The van der Waals surface area contributed by atoms with E-state index in [0.29, 0.717) is 5.92 Å². The molecule has 0 bridgehead atoms. The molecule has 0 aliphatic heterocycles. The maximum absolute atomic E-state index is 5.81. The van der Waals surface area contributed by atoms with E-state index in [1.807, 2.05) is 0 Å². The van der Waals surface area contributed by atoms with Crippen LogP contribution in [0.15, 0.2) is 24.3 Å². The molecule has 0 spiro atoms. The zero-order valence-electron chi connectivity index (χ0n) is 12.4. The van der Waals surface area contributed by atoms with Crippen LogP contribution in [-0.2, 0) is 6.54 Å². The second-order valence-corrected chi connectivity index (χ2v) is 6.06. The van der Waals surface area contributed by atoms with Crippen molar-refractivity contribution in [1.29, 1.82) is 0 Å². The molecule has 3 heteroatoms. The zero-order valence-corrected chi connectivity index (χ0v) is 12.4. The normalized spacial score (nSPS) is 23.3. The molecule has 0 amide bonds. The number of para-hydroxylation sites is 2. The molecule has 0 atom stereocenters. The molecule has 1 aliphatic rings. The number of rotatable bonds is 4. The van der Waals surface area contributed by atoms with Crippen molar-refractivity contribution in [2.24, 2.45) is 11.7 Å². The standard InChI is InChI=1S/C17H25N3/c1-2-11-20-16-6-4-3-5-15(16)19-17(20)14-9-7-13(12-18)8-10-14/h3-6,13-14H,2,7-12,18H2,1H3. The number of hydrogen-bond acceptors (Lipinski definition) is 2. The molecule has 1 aromatic carbocycles. The topological polar surface area (TPSA) is 43.8 Å². The summed E-state index contributed by atoms with van der Waals surface area (Å²) < 4.78 is 2.45. The predicted octanol–water partition coefficient (Wildman–Crippen LogP) is 3.68. The van der Waals surface area contributed by atoms with E-state index in [9.17, 15) is 0 Å². The average Bonchev–Trinajstić information content (AvgIpc) is 2.87. The fourth-order valence-corrected chi connectivity index (χ4v) is 3.52. The van der Waals surface area contributed by atoms with Crippen molar-refractivity contribution in [1.82, 2.24) is 9.55 Å². The van der Waals surface area contributed by atoms with Gasteiger partial charge in [-0.05, 0) is 56.7 Å². The molecular formula is C17H25N3. The fraction of sp³-hybridized carbons (Fsp3) is 0.588. The smallest absolute Gasteiger partial charge is 0.112 e. The van der Waals surface area contributed by atoms with Crippen LogP contribution in [0, 0.1) is 5.92 Å². The minimum absolute atomic E-state index is 0.622. The van der Waals surface area contributed by atoms with Crippen molar-refractivity contribution in [2.45, 2.75) is 51.5 Å². The molecule has 2 N–H and O–H groups in total. The molecular weight excluding hydrogens is 246 g/mol. The Morgan fingerprint density at radius 2 is 1.95 bits per heavy atom. The van der Waals surface area contributed by atoms with Gasteiger partial charge in [0, 0.05) is 12.5 Å². The Hall–Kier alpha value is -1.35. The molecule has 1 aromatic heterocycles. The molecule has 20 heavy (non-hydrogen) atoms. The Labute approximate surface area is 121 Å². The number of fused-ring (bicyclic) bond motifs is 1. The summed E-state index contributed by atoms with van der Waals surface area (Å²) in [6.07, 6.45) is 6.17. The Morgan fingerprint density at radius 3 is 2.65 bits per heavy atom. The van der Waals surface area contributed by atoms with Crippen LogP contribution in [0.4, 0.5) is 0 Å². The molecule has 1 heterocycles. The maximum Gasteiger partial charge on any atom is 0.112 e. The lowest BCUT2D eigenvalue weighted by atomic mass is 9.81. The number of imidazole rings is 1. The Kier molecular flexibility index (Phi) is 4.06. The van der Waals surface area contributed by atoms with E-state index in [1.165, 1.54) is 37.0 Å². The van der Waals surface area contributed by atoms with Crippen LogP contribution in [0.5, 0.6) is 0 Å². The third kappa shape index (κ3) is 2.47. The molecule has 0 unspecified atom stereocenters. The number of nitrogens with zero attached hydrogens (tertiary/aromatic N) is 2. The van der Waals surface area contributed by atoms with Crippen LogP contribution in [0.3, 0.4) is 0 Å². The second kappa shape index (κ2) is 5.96. The summed E-state index contributed by atoms with van der Waals surface area (Å²) in [5, 5.41) is 0. The molecule has 1 saturated carbocycles. The highest BCUT2D eigenvalue weighted by Gasteiger charge is 2.25. The average molecular weight is 271 g/mol. The van der Waals surface area contributed by atoms with E-state index in [-0.39, 0.29) is 0 Å². The Balaban J connectivity index is 1.92. The first-order chi connectivity index (χ1) is 9.83. The highest BCUT2D eigenvalue weighted by Crippen LogP contribution is 2.36. The van der Waals surface area contributed by atoms with Crippen molar-refractivity contribution in [2.75, 3.05) is 6.54 Å². The minimum atomic E-state index is 0.622. The van der Waals surface area contributed by atoms with Crippen LogP contribution in [0.2, 0.25) is 0 Å². The summed E-state index contributed by atoms with van der Waals surface area (Å²) in [5.41, 5.74) is 8.25. The summed E-state index contributed by atoms with van der Waals surface area (Å²) in [6.45, 7) is 4.16. The molecule has 0 radical (unpaired) electrons. The summed E-state index contributed by atoms with van der Waals surface area (Å²) in [5.74, 6) is 2.66. The first kappa shape index (κ1) is 13.6. The number of nitrogens with two attached hydrogens (primary N) is 1. The first-order valence-corrected chi connectivity index (χ1v) is 7.98. The second-order valence-electron chi connectivity index (χ2n) is 6.06. The van der Waals surface area contributed by atoms with Crippen molar-refractivity contribution in [3.05, 3.63) is 30.1 Å². The monoisotopic (exact) mass is 271 g/mol. The number of aryl methyl sites for hydroxylation is 1. The molecule has 3 nitrogen and oxygen atoms in total. The zero-order chi connectivity index (χ0) is 13.9. The SMILES string of the molecule is CCCn1c(C2CCC(CN)CC2)nc2ccccc21. The highest BCUT2D eigenvalue weighted by molar-refractivity contribution is 5.76. The third-order valence-electron chi connectivity index (χ3n) is 4.68. The van der Waals surface area contributed by atoms with Gasteiger partial charge in [-0.2, -0.15) is 0 Å². The summed E-state index contributed by atoms with van der Waals surface area (Å²) in [7, 11) is 0. The summed E-state index contributed by atoms with van der Waals surface area (Å²) in [4.78, 5) is 4.94. The van der Waals surface area contributed by atoms with Gasteiger partial charge in [0.2, 0.25) is 0 Å². The molecule has 3 rings (SSSR count). The van der Waals surface area contributed by atoms with E-state index in [1.54, 1.807) is 0 Å². The van der Waals surface area contributed by atoms with E-state index < -0.39 is 0 Å². The van der Waals surface area contributed by atoms with E-state index >= 15 is 0 Å². The molecule has 1 aliphatic carbocycles. The molecule has 108 valence electrons. The fourth-order valence-electron chi connectivity index (χ4n) is 3.52.